The summed E-state index contributed by atoms with van der Waals surface area (Å²) >= 11 is 0. The number of carbonyl (C=O) groups excluding carboxylic acids is 1. The van der Waals surface area contributed by atoms with E-state index in [-0.39, 0.29) is 24.4 Å². The van der Waals surface area contributed by atoms with Gasteiger partial charge in [0.1, 0.15) is 0 Å². The van der Waals surface area contributed by atoms with E-state index in [1.165, 1.54) is 12.8 Å². The molecule has 5 heteroatoms. The Morgan fingerprint density at radius 3 is 2.42 bits per heavy atom. The number of amides is 1. The van der Waals surface area contributed by atoms with Gasteiger partial charge in [-0.15, -0.1) is 12.4 Å². The molecule has 1 saturated heterocycles. The predicted molar refractivity (Wildman–Crippen MR) is 102 cm³/mol. The molecule has 1 unspecified atom stereocenters. The Morgan fingerprint density at radius 2 is 1.83 bits per heavy atom. The number of carbonyl (C=O) groups is 1. The zero-order valence-corrected chi connectivity index (χ0v) is 15.8. The third-order valence-electron chi connectivity index (χ3n) is 4.52. The number of nitrogens with one attached hydrogen (secondary N) is 2. The molecule has 1 amide bonds. The van der Waals surface area contributed by atoms with Crippen LogP contribution < -0.4 is 10.6 Å². The summed E-state index contributed by atoms with van der Waals surface area (Å²) in [6.07, 6.45) is 3.19. The van der Waals surface area contributed by atoms with Crippen molar-refractivity contribution in [3.8, 4) is 0 Å². The fourth-order valence-electron chi connectivity index (χ4n) is 3.03. The molecule has 1 aromatic rings. The Hall–Kier alpha value is -1.10. The van der Waals surface area contributed by atoms with Gasteiger partial charge < -0.3 is 15.4 Å². The molecule has 2 rings (SSSR count). The van der Waals surface area contributed by atoms with E-state index < -0.39 is 0 Å². The van der Waals surface area contributed by atoms with Crippen LogP contribution in [0.15, 0.2) is 24.3 Å². The van der Waals surface area contributed by atoms with Gasteiger partial charge >= 0.3 is 0 Å². The predicted octanol–water partition coefficient (Wildman–Crippen LogP) is 4.00. The van der Waals surface area contributed by atoms with Gasteiger partial charge in [-0.3, -0.25) is 4.79 Å². The van der Waals surface area contributed by atoms with Gasteiger partial charge in [0.05, 0.1) is 12.7 Å². The van der Waals surface area contributed by atoms with Crippen molar-refractivity contribution in [2.75, 3.05) is 18.4 Å². The summed E-state index contributed by atoms with van der Waals surface area (Å²) in [7, 11) is 0. The van der Waals surface area contributed by atoms with E-state index in [0.717, 1.165) is 24.3 Å². The maximum Gasteiger partial charge on any atom is 0.224 e. The van der Waals surface area contributed by atoms with Crippen LogP contribution >= 0.6 is 12.4 Å². The Bertz CT molecular complexity index is 485. The molecule has 4 nitrogen and oxygen atoms in total. The van der Waals surface area contributed by atoms with Crippen LogP contribution in [-0.2, 0) is 16.1 Å². The average Bonchev–Trinajstić information content (AvgIpc) is 2.55. The second-order valence-electron chi connectivity index (χ2n) is 6.87. The summed E-state index contributed by atoms with van der Waals surface area (Å²) in [6.45, 7) is 9.02. The molecule has 24 heavy (non-hydrogen) atoms. The van der Waals surface area contributed by atoms with Gasteiger partial charge in [-0.05, 0) is 69.3 Å². The summed E-state index contributed by atoms with van der Waals surface area (Å²) in [4.78, 5) is 12.2. The van der Waals surface area contributed by atoms with Crippen molar-refractivity contribution in [1.29, 1.82) is 0 Å². The monoisotopic (exact) mass is 354 g/mol. The lowest BCUT2D eigenvalue weighted by Gasteiger charge is -2.27. The molecule has 0 spiro atoms. The van der Waals surface area contributed by atoms with Crippen molar-refractivity contribution in [3.05, 3.63) is 29.8 Å². The fraction of sp³-hybridized carbons (Fsp3) is 0.632. The topological polar surface area (TPSA) is 50.4 Å². The first-order valence-electron chi connectivity index (χ1n) is 8.75. The lowest BCUT2D eigenvalue weighted by atomic mass is 9.84. The van der Waals surface area contributed by atoms with Crippen LogP contribution in [-0.4, -0.2) is 25.1 Å². The van der Waals surface area contributed by atoms with E-state index in [1.54, 1.807) is 0 Å². The van der Waals surface area contributed by atoms with Gasteiger partial charge in [-0.25, -0.2) is 0 Å². The van der Waals surface area contributed by atoms with Crippen LogP contribution in [0.5, 0.6) is 0 Å². The highest BCUT2D eigenvalue weighted by Crippen LogP contribution is 2.24. The van der Waals surface area contributed by atoms with Crippen molar-refractivity contribution >= 4 is 24.0 Å². The van der Waals surface area contributed by atoms with E-state index >= 15 is 0 Å². The molecule has 136 valence electrons. The smallest absolute Gasteiger partial charge is 0.224 e. The maximum absolute atomic E-state index is 12.2. The lowest BCUT2D eigenvalue weighted by molar-refractivity contribution is -0.117. The number of piperidine rings is 1. The van der Waals surface area contributed by atoms with Gasteiger partial charge in [0.15, 0.2) is 0 Å². The van der Waals surface area contributed by atoms with Gasteiger partial charge in [0.2, 0.25) is 5.91 Å². The minimum absolute atomic E-state index is 0. The van der Waals surface area contributed by atoms with Crippen molar-refractivity contribution in [2.45, 2.75) is 52.7 Å². The summed E-state index contributed by atoms with van der Waals surface area (Å²) in [6, 6.07) is 7.92. The molecule has 0 saturated carbocycles. The molecule has 1 aromatic carbocycles. The van der Waals surface area contributed by atoms with Crippen molar-refractivity contribution in [1.82, 2.24) is 5.32 Å². The Balaban J connectivity index is 0.00000288. The van der Waals surface area contributed by atoms with Crippen molar-refractivity contribution in [3.63, 3.8) is 0 Å². The number of hydrogen-bond acceptors (Lipinski definition) is 3. The van der Waals surface area contributed by atoms with Crippen LogP contribution in [0.2, 0.25) is 0 Å². The van der Waals surface area contributed by atoms with E-state index in [0.29, 0.717) is 24.9 Å². The number of halogens is 1. The van der Waals surface area contributed by atoms with Gasteiger partial charge in [-0.1, -0.05) is 19.1 Å². The third-order valence-corrected chi connectivity index (χ3v) is 4.52. The largest absolute Gasteiger partial charge is 0.374 e. The van der Waals surface area contributed by atoms with Gasteiger partial charge in [0, 0.05) is 12.1 Å². The Labute approximate surface area is 152 Å². The Kier molecular flexibility index (Phi) is 9.34. The van der Waals surface area contributed by atoms with Gasteiger partial charge in [0.25, 0.3) is 0 Å². The van der Waals surface area contributed by atoms with Crippen LogP contribution in [0.3, 0.4) is 0 Å². The van der Waals surface area contributed by atoms with Gasteiger partial charge in [-0.2, -0.15) is 0 Å². The summed E-state index contributed by atoms with van der Waals surface area (Å²) in [5, 5.41) is 6.38. The molecule has 1 aliphatic heterocycles. The fourth-order valence-corrected chi connectivity index (χ4v) is 3.03. The second kappa shape index (κ2) is 10.7. The minimum atomic E-state index is 0. The number of hydrogen-bond donors (Lipinski definition) is 2. The number of anilines is 1. The second-order valence-corrected chi connectivity index (χ2v) is 6.87. The molecule has 0 bridgehead atoms. The van der Waals surface area contributed by atoms with Crippen LogP contribution in [0, 0.1) is 11.8 Å². The highest BCUT2D eigenvalue weighted by atomic mass is 35.5. The van der Waals surface area contributed by atoms with Crippen molar-refractivity contribution in [2.24, 2.45) is 11.8 Å². The number of ether oxygens (including phenoxy) is 1. The molecule has 1 fully saturated rings. The maximum atomic E-state index is 12.2. The number of rotatable bonds is 7. The Morgan fingerprint density at radius 1 is 1.21 bits per heavy atom. The first-order valence-corrected chi connectivity index (χ1v) is 8.75. The first kappa shape index (κ1) is 20.9. The summed E-state index contributed by atoms with van der Waals surface area (Å²) in [5.74, 6) is 1.22. The molecule has 0 radical (unpaired) electrons. The highest BCUT2D eigenvalue weighted by Gasteiger charge is 2.21. The quantitative estimate of drug-likeness (QED) is 0.778. The molecule has 0 aliphatic carbocycles. The van der Waals surface area contributed by atoms with E-state index in [9.17, 15) is 4.79 Å². The van der Waals surface area contributed by atoms with E-state index in [2.05, 4.69) is 17.6 Å². The SMILES string of the molecule is CC(C)OCc1ccc(NC(=O)CC(C)C2CCNCC2)cc1.Cl. The summed E-state index contributed by atoms with van der Waals surface area (Å²) < 4.78 is 5.58. The van der Waals surface area contributed by atoms with E-state index in [4.69, 9.17) is 4.74 Å². The molecular formula is C19H31ClN2O2. The third kappa shape index (κ3) is 7.20. The van der Waals surface area contributed by atoms with Crippen LogP contribution in [0.1, 0.15) is 45.6 Å². The number of benzene rings is 1. The lowest BCUT2D eigenvalue weighted by Crippen LogP contribution is -2.32. The molecule has 1 atom stereocenters. The zero-order chi connectivity index (χ0) is 16.7. The summed E-state index contributed by atoms with van der Waals surface area (Å²) in [5.41, 5.74) is 1.99. The molecule has 0 aromatic heterocycles. The molecular weight excluding hydrogens is 324 g/mol. The zero-order valence-electron chi connectivity index (χ0n) is 15.0. The highest BCUT2D eigenvalue weighted by molar-refractivity contribution is 5.90. The normalized spacial score (nSPS) is 16.5. The molecule has 2 N–H and O–H groups in total. The van der Waals surface area contributed by atoms with Crippen LogP contribution in [0.4, 0.5) is 5.69 Å². The molecule has 1 aliphatic rings. The first-order chi connectivity index (χ1) is 11.0. The molecule has 1 heterocycles. The van der Waals surface area contributed by atoms with E-state index in [1.807, 2.05) is 38.1 Å². The van der Waals surface area contributed by atoms with Crippen LogP contribution in [0.25, 0.3) is 0 Å². The minimum Gasteiger partial charge on any atom is -0.374 e. The standard InChI is InChI=1S/C19H30N2O2.ClH/c1-14(2)23-13-16-4-6-18(7-5-16)21-19(22)12-15(3)17-8-10-20-11-9-17;/h4-7,14-15,17,20H,8-13H2,1-3H3,(H,21,22);1H. The average molecular weight is 355 g/mol. The van der Waals surface area contributed by atoms with Crippen molar-refractivity contribution < 1.29 is 9.53 Å².